The zero-order chi connectivity index (χ0) is 26.5. The van der Waals surface area contributed by atoms with Crippen molar-refractivity contribution in [2.45, 2.75) is 64.5 Å². The predicted octanol–water partition coefficient (Wildman–Crippen LogP) is 8.78. The maximum Gasteiger partial charge on any atom is 0.409 e. The van der Waals surface area contributed by atoms with Crippen molar-refractivity contribution in [3.05, 3.63) is 59.2 Å². The van der Waals surface area contributed by atoms with E-state index in [1.165, 1.54) is 6.42 Å². The summed E-state index contributed by atoms with van der Waals surface area (Å²) in [6, 6.07) is 2.54. The minimum atomic E-state index is -4.79. The lowest BCUT2D eigenvalue weighted by Crippen LogP contribution is -2.25. The average molecular weight is 516 g/mol. The molecule has 0 saturated heterocycles. The SMILES string of the molecule is CCCCCC1CCC(C(=O)Oc2cc(F)c(-c3cc(F)c(/C=C/C(F)(F)F)c(F)c3)c(F)c2)CC1. The number of carbonyl (C=O) groups excluding carboxylic acids is 1. The molecule has 3 rings (SSSR count). The number of ether oxygens (including phenoxy) is 1. The lowest BCUT2D eigenvalue weighted by Gasteiger charge is -2.27. The molecule has 0 aliphatic heterocycles. The largest absolute Gasteiger partial charge is 0.426 e. The van der Waals surface area contributed by atoms with Gasteiger partial charge in [-0.25, -0.2) is 17.6 Å². The van der Waals surface area contributed by atoms with Crippen molar-refractivity contribution >= 4 is 12.0 Å². The van der Waals surface area contributed by atoms with Crippen LogP contribution in [0.2, 0.25) is 0 Å². The Balaban J connectivity index is 1.71. The van der Waals surface area contributed by atoms with Gasteiger partial charge in [0.2, 0.25) is 0 Å². The van der Waals surface area contributed by atoms with E-state index in [1.54, 1.807) is 0 Å². The van der Waals surface area contributed by atoms with Crippen LogP contribution in [0.25, 0.3) is 17.2 Å². The summed E-state index contributed by atoms with van der Waals surface area (Å²) in [5.41, 5.74) is -2.35. The van der Waals surface area contributed by atoms with E-state index in [1.807, 2.05) is 0 Å². The first-order chi connectivity index (χ1) is 17.0. The van der Waals surface area contributed by atoms with Gasteiger partial charge in [0.1, 0.15) is 29.0 Å². The molecule has 0 atom stereocenters. The molecule has 0 radical (unpaired) electrons. The van der Waals surface area contributed by atoms with Gasteiger partial charge < -0.3 is 4.74 Å². The van der Waals surface area contributed by atoms with Crippen LogP contribution in [0.1, 0.15) is 63.9 Å². The van der Waals surface area contributed by atoms with E-state index >= 15 is 0 Å². The molecule has 0 N–H and O–H groups in total. The monoisotopic (exact) mass is 516 g/mol. The number of halogens is 7. The fourth-order valence-corrected chi connectivity index (χ4v) is 4.52. The number of esters is 1. The fraction of sp³-hybridized carbons (Fsp3) is 0.444. The quantitative estimate of drug-likeness (QED) is 0.152. The van der Waals surface area contributed by atoms with Gasteiger partial charge in [-0.3, -0.25) is 4.79 Å². The van der Waals surface area contributed by atoms with E-state index in [9.17, 15) is 35.5 Å². The zero-order valence-corrected chi connectivity index (χ0v) is 19.7. The highest BCUT2D eigenvalue weighted by molar-refractivity contribution is 5.76. The first-order valence-electron chi connectivity index (χ1n) is 11.9. The van der Waals surface area contributed by atoms with Crippen LogP contribution in [-0.2, 0) is 4.79 Å². The second kappa shape index (κ2) is 11.9. The molecule has 1 aliphatic rings. The van der Waals surface area contributed by atoms with Gasteiger partial charge in [0.15, 0.2) is 0 Å². The molecule has 0 amide bonds. The van der Waals surface area contributed by atoms with Gasteiger partial charge in [0.05, 0.1) is 11.5 Å². The van der Waals surface area contributed by atoms with Gasteiger partial charge >= 0.3 is 12.1 Å². The fourth-order valence-electron chi connectivity index (χ4n) is 4.52. The van der Waals surface area contributed by atoms with Gasteiger partial charge in [-0.2, -0.15) is 13.2 Å². The predicted molar refractivity (Wildman–Crippen MR) is 122 cm³/mol. The molecule has 1 saturated carbocycles. The average Bonchev–Trinajstić information content (AvgIpc) is 2.78. The number of alkyl halides is 3. The molecule has 0 spiro atoms. The van der Waals surface area contributed by atoms with Crippen LogP contribution in [-0.4, -0.2) is 12.1 Å². The zero-order valence-electron chi connectivity index (χ0n) is 19.7. The third-order valence-corrected chi connectivity index (χ3v) is 6.44. The number of hydrogen-bond acceptors (Lipinski definition) is 2. The highest BCUT2D eigenvalue weighted by atomic mass is 19.4. The van der Waals surface area contributed by atoms with Crippen molar-refractivity contribution in [1.29, 1.82) is 0 Å². The third-order valence-electron chi connectivity index (χ3n) is 6.44. The van der Waals surface area contributed by atoms with Crippen LogP contribution < -0.4 is 4.74 Å². The Morgan fingerprint density at radius 1 is 0.917 bits per heavy atom. The lowest BCUT2D eigenvalue weighted by atomic mass is 9.80. The highest BCUT2D eigenvalue weighted by Gasteiger charge is 2.28. The molecular formula is C27H27F7O2. The summed E-state index contributed by atoms with van der Waals surface area (Å²) >= 11 is 0. The van der Waals surface area contributed by atoms with Crippen molar-refractivity contribution in [3.63, 3.8) is 0 Å². The molecule has 0 aromatic heterocycles. The van der Waals surface area contributed by atoms with Gasteiger partial charge in [-0.05, 0) is 55.4 Å². The van der Waals surface area contributed by atoms with Gasteiger partial charge in [-0.15, -0.1) is 0 Å². The number of allylic oxidation sites excluding steroid dienone is 1. The number of unbranched alkanes of at least 4 members (excludes halogenated alkanes) is 2. The number of rotatable bonds is 8. The molecular weight excluding hydrogens is 489 g/mol. The Hall–Kier alpha value is -2.84. The van der Waals surface area contributed by atoms with E-state index in [0.29, 0.717) is 30.9 Å². The van der Waals surface area contributed by atoms with Crippen molar-refractivity contribution in [2.24, 2.45) is 11.8 Å². The van der Waals surface area contributed by atoms with Crippen molar-refractivity contribution in [2.75, 3.05) is 0 Å². The van der Waals surface area contributed by atoms with Gasteiger partial charge in [-0.1, -0.05) is 32.6 Å². The van der Waals surface area contributed by atoms with E-state index in [0.717, 1.165) is 44.2 Å². The molecule has 196 valence electrons. The first kappa shape index (κ1) is 27.7. The van der Waals surface area contributed by atoms with Crippen molar-refractivity contribution < 1.29 is 40.3 Å². The number of hydrogen-bond donors (Lipinski definition) is 0. The van der Waals surface area contributed by atoms with Crippen LogP contribution in [0, 0.1) is 35.1 Å². The second-order valence-electron chi connectivity index (χ2n) is 9.12. The molecule has 9 heteroatoms. The molecule has 2 aromatic carbocycles. The minimum absolute atomic E-state index is 0.197. The Labute approximate surface area is 205 Å². The topological polar surface area (TPSA) is 26.3 Å². The van der Waals surface area contributed by atoms with E-state index in [4.69, 9.17) is 4.74 Å². The Bertz CT molecular complexity index is 1050. The van der Waals surface area contributed by atoms with E-state index < -0.39 is 52.1 Å². The molecule has 36 heavy (non-hydrogen) atoms. The highest BCUT2D eigenvalue weighted by Crippen LogP contribution is 2.35. The molecule has 1 aliphatic carbocycles. The molecule has 0 heterocycles. The first-order valence-corrected chi connectivity index (χ1v) is 11.9. The second-order valence-corrected chi connectivity index (χ2v) is 9.12. The van der Waals surface area contributed by atoms with Crippen LogP contribution in [0.5, 0.6) is 5.75 Å². The van der Waals surface area contributed by atoms with E-state index in [2.05, 4.69) is 6.92 Å². The van der Waals surface area contributed by atoms with Crippen LogP contribution in [0.4, 0.5) is 30.7 Å². The summed E-state index contributed by atoms with van der Waals surface area (Å²) in [5.74, 6) is -6.12. The Morgan fingerprint density at radius 2 is 1.50 bits per heavy atom. The summed E-state index contributed by atoms with van der Waals surface area (Å²) in [5, 5.41) is 0. The normalized spacial score (nSPS) is 18.6. The summed E-state index contributed by atoms with van der Waals surface area (Å²) < 4.78 is 100. The maximum atomic E-state index is 14.7. The maximum absolute atomic E-state index is 14.7. The molecule has 0 bridgehead atoms. The minimum Gasteiger partial charge on any atom is -0.426 e. The third kappa shape index (κ3) is 7.34. The summed E-state index contributed by atoms with van der Waals surface area (Å²) in [7, 11) is 0. The van der Waals surface area contributed by atoms with Crippen molar-refractivity contribution in [3.8, 4) is 16.9 Å². The van der Waals surface area contributed by atoms with Crippen LogP contribution >= 0.6 is 0 Å². The van der Waals surface area contributed by atoms with Crippen molar-refractivity contribution in [1.82, 2.24) is 0 Å². The summed E-state index contributed by atoms with van der Waals surface area (Å²) in [6.45, 7) is 2.14. The molecule has 2 nitrogen and oxygen atoms in total. The van der Waals surface area contributed by atoms with Crippen LogP contribution in [0.15, 0.2) is 30.3 Å². The summed E-state index contributed by atoms with van der Waals surface area (Å²) in [6.07, 6.45) is 2.67. The van der Waals surface area contributed by atoms with Gasteiger partial charge in [0.25, 0.3) is 0 Å². The summed E-state index contributed by atoms with van der Waals surface area (Å²) in [4.78, 5) is 12.5. The number of carbonyl (C=O) groups is 1. The van der Waals surface area contributed by atoms with Gasteiger partial charge in [0, 0.05) is 23.8 Å². The smallest absolute Gasteiger partial charge is 0.409 e. The lowest BCUT2D eigenvalue weighted by molar-refractivity contribution is -0.140. The molecule has 0 unspecified atom stereocenters. The molecule has 1 fully saturated rings. The van der Waals surface area contributed by atoms with Crippen LogP contribution in [0.3, 0.4) is 0 Å². The van der Waals surface area contributed by atoms with E-state index in [-0.39, 0.29) is 23.8 Å². The molecule has 2 aromatic rings. The standard InChI is InChI=1S/C27H27F7O2/c1-2-3-4-5-16-6-8-17(9-7-16)26(35)36-19-14-23(30)25(24(31)15-19)18-12-21(28)20(22(29)13-18)10-11-27(32,33)34/h10-17H,2-9H2,1H3/b11-10+. The Kier molecular flexibility index (Phi) is 9.19. The Morgan fingerprint density at radius 3 is 2.03 bits per heavy atom. The number of benzene rings is 2.